The van der Waals surface area contributed by atoms with Crippen LogP contribution in [0.25, 0.3) is 0 Å². The summed E-state index contributed by atoms with van der Waals surface area (Å²) in [6.07, 6.45) is 0. The minimum absolute atomic E-state index is 0.196. The molecule has 0 aliphatic heterocycles. The Kier molecular flexibility index (Phi) is 2.73. The van der Waals surface area contributed by atoms with Gasteiger partial charge in [0, 0.05) is 26.7 Å². The predicted molar refractivity (Wildman–Crippen MR) is 49.0 cm³/mol. The van der Waals surface area contributed by atoms with Gasteiger partial charge in [0.1, 0.15) is 5.76 Å². The molecular weight excluding hydrogens is 154 g/mol. The van der Waals surface area contributed by atoms with Crippen LogP contribution < -0.4 is 16.4 Å². The number of nitrogens with two attached hydrogens (primary N) is 2. The molecule has 0 bridgehead atoms. The molecule has 0 saturated heterocycles. The first-order valence-electron chi connectivity index (χ1n) is 3.88. The Morgan fingerprint density at radius 1 is 1.50 bits per heavy atom. The van der Waals surface area contributed by atoms with Crippen molar-refractivity contribution in [3.8, 4) is 0 Å². The molecule has 0 saturated carbocycles. The van der Waals surface area contributed by atoms with Crippen molar-refractivity contribution in [2.24, 2.45) is 11.5 Å². The molecule has 1 aromatic rings. The number of anilines is 1. The lowest BCUT2D eigenvalue weighted by Gasteiger charge is -2.08. The monoisotopic (exact) mass is 169 g/mol. The number of rotatable bonds is 3. The summed E-state index contributed by atoms with van der Waals surface area (Å²) in [6.45, 7) is 0.403. The first kappa shape index (κ1) is 9.09. The minimum Gasteiger partial charge on any atom is -0.444 e. The molecule has 0 spiro atoms. The Hall–Kier alpha value is -1.00. The van der Waals surface area contributed by atoms with Crippen LogP contribution in [0.5, 0.6) is 0 Å². The summed E-state index contributed by atoms with van der Waals surface area (Å²) < 4.78 is 5.42. The Morgan fingerprint density at radius 3 is 2.58 bits per heavy atom. The van der Waals surface area contributed by atoms with Gasteiger partial charge in [-0.15, -0.1) is 0 Å². The molecule has 0 radical (unpaired) electrons. The number of hydrogen-bond donors (Lipinski definition) is 2. The van der Waals surface area contributed by atoms with Crippen LogP contribution in [-0.2, 0) is 0 Å². The molecule has 0 aliphatic carbocycles. The maximum atomic E-state index is 5.67. The Balaban J connectivity index is 2.77. The van der Waals surface area contributed by atoms with E-state index in [0.29, 0.717) is 6.54 Å². The molecular formula is C8H15N3O. The van der Waals surface area contributed by atoms with E-state index in [9.17, 15) is 0 Å². The van der Waals surface area contributed by atoms with Crippen LogP contribution in [-0.4, -0.2) is 20.6 Å². The first-order valence-corrected chi connectivity index (χ1v) is 3.88. The lowest BCUT2D eigenvalue weighted by atomic mass is 10.2. The molecule has 4 N–H and O–H groups in total. The summed E-state index contributed by atoms with van der Waals surface area (Å²) in [6, 6.07) is 3.54. The van der Waals surface area contributed by atoms with E-state index >= 15 is 0 Å². The van der Waals surface area contributed by atoms with Gasteiger partial charge in [-0.05, 0) is 6.07 Å². The normalized spacial score (nSPS) is 13.0. The highest BCUT2D eigenvalue weighted by Gasteiger charge is 2.09. The van der Waals surface area contributed by atoms with Crippen molar-refractivity contribution >= 4 is 5.88 Å². The van der Waals surface area contributed by atoms with Crippen LogP contribution in [0.4, 0.5) is 5.88 Å². The molecule has 1 rings (SSSR count). The Bertz CT molecular complexity index is 244. The molecule has 1 aromatic heterocycles. The van der Waals surface area contributed by atoms with Crippen molar-refractivity contribution in [2.45, 2.75) is 6.04 Å². The molecule has 68 valence electrons. The van der Waals surface area contributed by atoms with Crippen LogP contribution in [0.15, 0.2) is 16.5 Å². The van der Waals surface area contributed by atoms with Crippen LogP contribution >= 0.6 is 0 Å². The van der Waals surface area contributed by atoms with E-state index in [4.69, 9.17) is 15.9 Å². The average molecular weight is 169 g/mol. The van der Waals surface area contributed by atoms with Gasteiger partial charge in [0.15, 0.2) is 5.88 Å². The molecule has 0 unspecified atom stereocenters. The van der Waals surface area contributed by atoms with Crippen LogP contribution in [0.1, 0.15) is 11.8 Å². The smallest absolute Gasteiger partial charge is 0.195 e. The Labute approximate surface area is 72.1 Å². The third kappa shape index (κ3) is 1.78. The van der Waals surface area contributed by atoms with Crippen LogP contribution in [0.2, 0.25) is 0 Å². The molecule has 0 aromatic carbocycles. The van der Waals surface area contributed by atoms with Gasteiger partial charge in [0.2, 0.25) is 0 Å². The highest BCUT2D eigenvalue weighted by atomic mass is 16.4. The second-order valence-corrected chi connectivity index (χ2v) is 2.91. The van der Waals surface area contributed by atoms with Crippen molar-refractivity contribution in [3.05, 3.63) is 17.9 Å². The number of hydrogen-bond acceptors (Lipinski definition) is 4. The highest BCUT2D eigenvalue weighted by molar-refractivity contribution is 5.34. The lowest BCUT2D eigenvalue weighted by molar-refractivity contribution is 0.471. The molecule has 12 heavy (non-hydrogen) atoms. The molecule has 1 atom stereocenters. The highest BCUT2D eigenvalue weighted by Crippen LogP contribution is 2.19. The molecule has 4 nitrogen and oxygen atoms in total. The minimum atomic E-state index is -0.196. The summed E-state index contributed by atoms with van der Waals surface area (Å²) in [5.41, 5.74) is 11.1. The second-order valence-electron chi connectivity index (χ2n) is 2.91. The van der Waals surface area contributed by atoms with E-state index in [0.717, 1.165) is 11.6 Å². The first-order chi connectivity index (χ1) is 5.65. The molecule has 0 aliphatic rings. The number of furan rings is 1. The third-order valence-electron chi connectivity index (χ3n) is 1.67. The SMILES string of the molecule is CN(C)c1ccc([C@@H](N)CN)o1. The van der Waals surface area contributed by atoms with Gasteiger partial charge in [0.25, 0.3) is 0 Å². The standard InChI is InChI=1S/C8H15N3O/c1-11(2)8-4-3-7(12-8)6(10)5-9/h3-4,6H,5,9-10H2,1-2H3/t6-/m0/s1. The average Bonchev–Trinajstić information content (AvgIpc) is 2.51. The topological polar surface area (TPSA) is 68.4 Å². The van der Waals surface area contributed by atoms with Crippen molar-refractivity contribution in [2.75, 3.05) is 25.5 Å². The van der Waals surface area contributed by atoms with E-state index in [-0.39, 0.29) is 6.04 Å². The van der Waals surface area contributed by atoms with E-state index < -0.39 is 0 Å². The van der Waals surface area contributed by atoms with Gasteiger partial charge < -0.3 is 20.8 Å². The van der Waals surface area contributed by atoms with Gasteiger partial charge >= 0.3 is 0 Å². The predicted octanol–water partition coefficient (Wildman–Crippen LogP) is 0.304. The summed E-state index contributed by atoms with van der Waals surface area (Å²) in [5, 5.41) is 0. The van der Waals surface area contributed by atoms with Crippen LogP contribution in [0.3, 0.4) is 0 Å². The fraction of sp³-hybridized carbons (Fsp3) is 0.500. The summed E-state index contributed by atoms with van der Waals surface area (Å²) in [5.74, 6) is 1.54. The maximum absolute atomic E-state index is 5.67. The van der Waals surface area contributed by atoms with E-state index in [1.54, 1.807) is 0 Å². The zero-order valence-electron chi connectivity index (χ0n) is 7.45. The fourth-order valence-corrected chi connectivity index (χ4v) is 0.898. The lowest BCUT2D eigenvalue weighted by Crippen LogP contribution is -2.20. The summed E-state index contributed by atoms with van der Waals surface area (Å²) in [4.78, 5) is 1.88. The summed E-state index contributed by atoms with van der Waals surface area (Å²) in [7, 11) is 3.83. The van der Waals surface area contributed by atoms with Gasteiger partial charge in [-0.2, -0.15) is 0 Å². The number of nitrogens with zero attached hydrogens (tertiary/aromatic N) is 1. The van der Waals surface area contributed by atoms with E-state index in [1.165, 1.54) is 0 Å². The molecule has 4 heteroatoms. The van der Waals surface area contributed by atoms with Crippen molar-refractivity contribution in [1.29, 1.82) is 0 Å². The van der Waals surface area contributed by atoms with Crippen molar-refractivity contribution < 1.29 is 4.42 Å². The van der Waals surface area contributed by atoms with Crippen LogP contribution in [0, 0.1) is 0 Å². The largest absolute Gasteiger partial charge is 0.444 e. The maximum Gasteiger partial charge on any atom is 0.195 e. The quantitative estimate of drug-likeness (QED) is 0.683. The summed E-state index contributed by atoms with van der Waals surface area (Å²) >= 11 is 0. The van der Waals surface area contributed by atoms with Crippen molar-refractivity contribution in [1.82, 2.24) is 0 Å². The zero-order chi connectivity index (χ0) is 9.14. The molecule has 0 amide bonds. The second kappa shape index (κ2) is 3.60. The van der Waals surface area contributed by atoms with Gasteiger partial charge in [0.05, 0.1) is 6.04 Å². The fourth-order valence-electron chi connectivity index (χ4n) is 0.898. The Morgan fingerprint density at radius 2 is 2.17 bits per heavy atom. The molecule has 1 heterocycles. The third-order valence-corrected chi connectivity index (χ3v) is 1.67. The molecule has 0 fully saturated rings. The van der Waals surface area contributed by atoms with E-state index in [2.05, 4.69) is 0 Å². The van der Waals surface area contributed by atoms with Gasteiger partial charge in [-0.3, -0.25) is 0 Å². The van der Waals surface area contributed by atoms with Gasteiger partial charge in [-0.1, -0.05) is 0 Å². The van der Waals surface area contributed by atoms with E-state index in [1.807, 2.05) is 31.1 Å². The van der Waals surface area contributed by atoms with Crippen molar-refractivity contribution in [3.63, 3.8) is 0 Å². The zero-order valence-corrected chi connectivity index (χ0v) is 7.45. The van der Waals surface area contributed by atoms with Gasteiger partial charge in [-0.25, -0.2) is 0 Å².